The van der Waals surface area contributed by atoms with Crippen molar-refractivity contribution in [3.8, 4) is 5.75 Å². The van der Waals surface area contributed by atoms with Gasteiger partial charge in [-0.25, -0.2) is 0 Å². The number of anilines is 2. The first-order valence-corrected chi connectivity index (χ1v) is 15.9. The third-order valence-electron chi connectivity index (χ3n) is 7.92. The number of fused-ring (bicyclic) bond motifs is 1. The number of benzene rings is 2. The largest absolute Gasteiger partial charge is 0.494 e. The fourth-order valence-corrected chi connectivity index (χ4v) is 6.23. The molecule has 1 atom stereocenters. The molecule has 42 heavy (non-hydrogen) atoms. The van der Waals surface area contributed by atoms with E-state index in [1.165, 1.54) is 0 Å². The first kappa shape index (κ1) is 32.4. The third-order valence-corrected chi connectivity index (χ3v) is 8.73. The highest BCUT2D eigenvalue weighted by atomic mass is 35.5. The zero-order valence-electron chi connectivity index (χ0n) is 25.5. The molecule has 7 nitrogen and oxygen atoms in total. The zero-order chi connectivity index (χ0) is 30.3. The molecule has 0 aliphatic carbocycles. The van der Waals surface area contributed by atoms with Crippen LogP contribution in [0.1, 0.15) is 58.9 Å². The maximum absolute atomic E-state index is 12.8. The summed E-state index contributed by atoms with van der Waals surface area (Å²) in [7, 11) is 0. The van der Waals surface area contributed by atoms with Gasteiger partial charge in [0, 0.05) is 38.7 Å². The second-order valence-electron chi connectivity index (χ2n) is 12.6. The monoisotopic (exact) mass is 617 g/mol. The SMILES string of the molecule is CC(CC(C)(C)C)C(=O)OCCN1C(=O)CCc2ccc(OCCCCN3CCN(c4cccc(Cl)c4Cl)CC3)cc21. The van der Waals surface area contributed by atoms with Crippen molar-refractivity contribution in [2.45, 2.75) is 59.8 Å². The highest BCUT2D eigenvalue weighted by Gasteiger charge is 2.26. The van der Waals surface area contributed by atoms with Gasteiger partial charge in [-0.15, -0.1) is 0 Å². The molecule has 230 valence electrons. The summed E-state index contributed by atoms with van der Waals surface area (Å²) in [5, 5.41) is 1.22. The van der Waals surface area contributed by atoms with Crippen LogP contribution in [0.4, 0.5) is 11.4 Å². The van der Waals surface area contributed by atoms with Gasteiger partial charge < -0.3 is 19.3 Å². The van der Waals surface area contributed by atoms with Gasteiger partial charge in [-0.05, 0) is 61.4 Å². The van der Waals surface area contributed by atoms with Gasteiger partial charge in [-0.1, -0.05) is 63.0 Å². The third kappa shape index (κ3) is 9.01. The lowest BCUT2D eigenvalue weighted by atomic mass is 9.85. The number of aryl methyl sites for hydroxylation is 1. The highest BCUT2D eigenvalue weighted by Crippen LogP contribution is 2.34. The molecule has 1 saturated heterocycles. The minimum absolute atomic E-state index is 0.0520. The zero-order valence-corrected chi connectivity index (χ0v) is 27.0. The van der Waals surface area contributed by atoms with Crippen molar-refractivity contribution in [2.75, 3.05) is 62.3 Å². The number of esters is 1. The average Bonchev–Trinajstić information content (AvgIpc) is 2.95. The summed E-state index contributed by atoms with van der Waals surface area (Å²) in [5.41, 5.74) is 3.04. The number of halogens is 2. The van der Waals surface area contributed by atoms with Crippen LogP contribution in [0.2, 0.25) is 10.0 Å². The van der Waals surface area contributed by atoms with E-state index in [0.717, 1.165) is 74.7 Å². The minimum atomic E-state index is -0.209. The minimum Gasteiger partial charge on any atom is -0.494 e. The highest BCUT2D eigenvalue weighted by molar-refractivity contribution is 6.43. The van der Waals surface area contributed by atoms with E-state index in [9.17, 15) is 9.59 Å². The van der Waals surface area contributed by atoms with E-state index in [2.05, 4.69) is 30.6 Å². The van der Waals surface area contributed by atoms with Crippen molar-refractivity contribution in [3.63, 3.8) is 0 Å². The lowest BCUT2D eigenvalue weighted by Crippen LogP contribution is -2.46. The Bertz CT molecular complexity index is 1220. The number of amides is 1. The van der Waals surface area contributed by atoms with Crippen molar-refractivity contribution < 1.29 is 19.1 Å². The molecular weight excluding hydrogens is 573 g/mol. The van der Waals surface area contributed by atoms with Gasteiger partial charge in [0.2, 0.25) is 5.91 Å². The maximum Gasteiger partial charge on any atom is 0.308 e. The molecule has 0 radical (unpaired) electrons. The van der Waals surface area contributed by atoms with E-state index >= 15 is 0 Å². The van der Waals surface area contributed by atoms with Gasteiger partial charge in [-0.2, -0.15) is 0 Å². The molecule has 4 rings (SSSR count). The molecule has 2 aromatic rings. The first-order valence-electron chi connectivity index (χ1n) is 15.2. The normalized spacial score (nSPS) is 16.8. The average molecular weight is 619 g/mol. The van der Waals surface area contributed by atoms with E-state index in [4.69, 9.17) is 32.7 Å². The van der Waals surface area contributed by atoms with E-state index in [-0.39, 0.29) is 29.8 Å². The van der Waals surface area contributed by atoms with E-state index in [1.807, 2.05) is 43.3 Å². The Morgan fingerprint density at radius 2 is 1.71 bits per heavy atom. The van der Waals surface area contributed by atoms with Gasteiger partial charge >= 0.3 is 5.97 Å². The molecule has 0 N–H and O–H groups in total. The van der Waals surface area contributed by atoms with Crippen molar-refractivity contribution >= 4 is 46.5 Å². The van der Waals surface area contributed by atoms with Crippen LogP contribution in [0.25, 0.3) is 0 Å². The molecule has 2 aliphatic heterocycles. The Morgan fingerprint density at radius 3 is 2.45 bits per heavy atom. The number of carbonyl (C=O) groups excluding carboxylic acids is 2. The summed E-state index contributed by atoms with van der Waals surface area (Å²) in [6.45, 7) is 14.3. The van der Waals surface area contributed by atoms with Crippen LogP contribution in [0.3, 0.4) is 0 Å². The summed E-state index contributed by atoms with van der Waals surface area (Å²) in [5.74, 6) is 0.429. The summed E-state index contributed by atoms with van der Waals surface area (Å²) in [4.78, 5) is 31.7. The number of nitrogens with zero attached hydrogens (tertiary/aromatic N) is 3. The smallest absolute Gasteiger partial charge is 0.308 e. The van der Waals surface area contributed by atoms with E-state index < -0.39 is 0 Å². The Hall–Kier alpha value is -2.48. The summed E-state index contributed by atoms with van der Waals surface area (Å²) >= 11 is 12.6. The van der Waals surface area contributed by atoms with E-state index in [1.54, 1.807) is 4.90 Å². The van der Waals surface area contributed by atoms with Crippen molar-refractivity contribution in [2.24, 2.45) is 11.3 Å². The molecular formula is C33H45Cl2N3O4. The molecule has 1 fully saturated rings. The predicted octanol–water partition coefficient (Wildman–Crippen LogP) is 6.87. The van der Waals surface area contributed by atoms with Gasteiger partial charge in [0.05, 0.1) is 40.5 Å². The van der Waals surface area contributed by atoms with Crippen molar-refractivity contribution in [3.05, 3.63) is 52.0 Å². The fraction of sp³-hybridized carbons (Fsp3) is 0.576. The summed E-state index contributed by atoms with van der Waals surface area (Å²) < 4.78 is 11.6. The quantitative estimate of drug-likeness (QED) is 0.191. The van der Waals surface area contributed by atoms with Gasteiger partial charge in [0.1, 0.15) is 12.4 Å². The number of hydrogen-bond donors (Lipinski definition) is 0. The Balaban J connectivity index is 1.19. The van der Waals surface area contributed by atoms with Crippen LogP contribution in [-0.4, -0.2) is 69.3 Å². The van der Waals surface area contributed by atoms with Crippen LogP contribution in [-0.2, 0) is 20.7 Å². The van der Waals surface area contributed by atoms with Crippen LogP contribution in [0.5, 0.6) is 5.75 Å². The predicted molar refractivity (Wildman–Crippen MR) is 171 cm³/mol. The van der Waals surface area contributed by atoms with Gasteiger partial charge in [-0.3, -0.25) is 14.5 Å². The lowest BCUT2D eigenvalue weighted by Gasteiger charge is -2.36. The van der Waals surface area contributed by atoms with Crippen LogP contribution >= 0.6 is 23.2 Å². The Kier molecular flexibility index (Phi) is 11.4. The standard InChI is InChI=1S/C33H45Cl2N3O4/c1-24(23-33(2,3)4)32(40)42-21-19-38-29-22-26(12-10-25(29)11-13-30(38)39)41-20-6-5-14-36-15-17-37(18-16-36)28-9-7-8-27(34)31(28)35/h7-10,12,22,24H,5-6,11,13-21,23H2,1-4H3. The molecule has 2 heterocycles. The van der Waals surface area contributed by atoms with Crippen molar-refractivity contribution in [1.82, 2.24) is 4.90 Å². The van der Waals surface area contributed by atoms with Gasteiger partial charge in [0.25, 0.3) is 0 Å². The maximum atomic E-state index is 12.8. The fourth-order valence-electron chi connectivity index (χ4n) is 5.81. The van der Waals surface area contributed by atoms with Gasteiger partial charge in [0.15, 0.2) is 0 Å². The molecule has 0 saturated carbocycles. The molecule has 0 aromatic heterocycles. The number of rotatable bonds is 12. The molecule has 1 unspecified atom stereocenters. The molecule has 2 aromatic carbocycles. The van der Waals surface area contributed by atoms with Crippen molar-refractivity contribution in [1.29, 1.82) is 0 Å². The molecule has 0 bridgehead atoms. The second-order valence-corrected chi connectivity index (χ2v) is 13.4. The topological polar surface area (TPSA) is 62.3 Å². The molecule has 0 spiro atoms. The van der Waals surface area contributed by atoms with Crippen LogP contribution in [0, 0.1) is 11.3 Å². The summed E-state index contributed by atoms with van der Waals surface area (Å²) in [6.07, 6.45) is 3.93. The van der Waals surface area contributed by atoms with Crippen LogP contribution in [0.15, 0.2) is 36.4 Å². The Morgan fingerprint density at radius 1 is 0.952 bits per heavy atom. The number of hydrogen-bond acceptors (Lipinski definition) is 6. The van der Waals surface area contributed by atoms with E-state index in [0.29, 0.717) is 36.0 Å². The first-order chi connectivity index (χ1) is 20.0. The molecule has 1 amide bonds. The molecule has 2 aliphatic rings. The number of carbonyl (C=O) groups is 2. The van der Waals surface area contributed by atoms with Crippen LogP contribution < -0.4 is 14.5 Å². The second kappa shape index (κ2) is 14.8. The lowest BCUT2D eigenvalue weighted by molar-refractivity contribution is -0.148. The Labute approximate surface area is 261 Å². The summed E-state index contributed by atoms with van der Waals surface area (Å²) in [6, 6.07) is 11.8. The number of unbranched alkanes of at least 4 members (excludes halogenated alkanes) is 1. The number of ether oxygens (including phenoxy) is 2. The number of piperazine rings is 1. The molecule has 9 heteroatoms.